The number of nitrogens with one attached hydrogen (secondary N) is 1. The first kappa shape index (κ1) is 16.9. The molecule has 1 saturated heterocycles. The fourth-order valence-electron chi connectivity index (χ4n) is 2.74. The van der Waals surface area contributed by atoms with Crippen LogP contribution in [0.25, 0.3) is 0 Å². The van der Waals surface area contributed by atoms with E-state index in [1.165, 1.54) is 12.1 Å². The molecule has 2 rings (SSSR count). The van der Waals surface area contributed by atoms with Gasteiger partial charge in [0.25, 0.3) is 0 Å². The second-order valence-corrected chi connectivity index (χ2v) is 5.80. The molecule has 1 aliphatic heterocycles. The number of carbonyl (C=O) groups is 1. The van der Waals surface area contributed by atoms with Crippen molar-refractivity contribution in [2.45, 2.75) is 38.8 Å². The van der Waals surface area contributed by atoms with Crippen molar-refractivity contribution in [3.63, 3.8) is 0 Å². The number of halogens is 1. The number of amides is 1. The van der Waals surface area contributed by atoms with Crippen LogP contribution in [0, 0.1) is 5.82 Å². The van der Waals surface area contributed by atoms with E-state index in [0.29, 0.717) is 26.3 Å². The lowest BCUT2D eigenvalue weighted by Crippen LogP contribution is -2.52. The number of hydrogen-bond donors (Lipinski definition) is 1. The third-order valence-electron chi connectivity index (χ3n) is 3.97. The van der Waals surface area contributed by atoms with Gasteiger partial charge >= 0.3 is 0 Å². The molecule has 5 heteroatoms. The SMILES string of the molecule is CC[C@H](N[C@@H](C)Cc1ccc(F)cc1)C(=O)N1CCOCC1. The number of nitrogens with zero attached hydrogens (tertiary/aromatic N) is 1. The van der Waals surface area contributed by atoms with Crippen LogP contribution in [0.3, 0.4) is 0 Å². The standard InChI is InChI=1S/C17H25FN2O2/c1-3-16(17(21)20-8-10-22-11-9-20)19-13(2)12-14-4-6-15(18)7-5-14/h4-7,13,16,19H,3,8-12H2,1-2H3/t13-,16-/m0/s1. The summed E-state index contributed by atoms with van der Waals surface area (Å²) in [6.45, 7) is 6.65. The van der Waals surface area contributed by atoms with Crippen molar-refractivity contribution in [1.82, 2.24) is 10.2 Å². The van der Waals surface area contributed by atoms with Crippen LogP contribution in [0.2, 0.25) is 0 Å². The number of morpholine rings is 1. The van der Waals surface area contributed by atoms with Crippen molar-refractivity contribution >= 4 is 5.91 Å². The molecule has 0 aromatic heterocycles. The second kappa shape index (κ2) is 8.25. The summed E-state index contributed by atoms with van der Waals surface area (Å²) in [6, 6.07) is 6.50. The third kappa shape index (κ3) is 4.78. The number of benzene rings is 1. The molecule has 1 aliphatic rings. The van der Waals surface area contributed by atoms with Gasteiger partial charge in [0.05, 0.1) is 19.3 Å². The van der Waals surface area contributed by atoms with E-state index in [0.717, 1.165) is 18.4 Å². The van der Waals surface area contributed by atoms with Gasteiger partial charge in [-0.05, 0) is 37.5 Å². The molecular weight excluding hydrogens is 283 g/mol. The van der Waals surface area contributed by atoms with Gasteiger partial charge in [-0.2, -0.15) is 0 Å². The molecule has 122 valence electrons. The minimum Gasteiger partial charge on any atom is -0.378 e. The molecule has 1 heterocycles. The average molecular weight is 308 g/mol. The Balaban J connectivity index is 1.88. The molecule has 0 spiro atoms. The second-order valence-electron chi connectivity index (χ2n) is 5.80. The van der Waals surface area contributed by atoms with Gasteiger partial charge in [0, 0.05) is 19.1 Å². The summed E-state index contributed by atoms with van der Waals surface area (Å²) in [5.74, 6) is -0.0740. The van der Waals surface area contributed by atoms with Crippen LogP contribution in [0.4, 0.5) is 4.39 Å². The van der Waals surface area contributed by atoms with Crippen LogP contribution in [0.5, 0.6) is 0 Å². The Morgan fingerprint density at radius 1 is 1.32 bits per heavy atom. The predicted molar refractivity (Wildman–Crippen MR) is 84.2 cm³/mol. The Morgan fingerprint density at radius 2 is 1.95 bits per heavy atom. The van der Waals surface area contributed by atoms with E-state index in [1.54, 1.807) is 12.1 Å². The number of ether oxygens (including phenoxy) is 1. The highest BCUT2D eigenvalue weighted by atomic mass is 19.1. The fraction of sp³-hybridized carbons (Fsp3) is 0.588. The number of carbonyl (C=O) groups excluding carboxylic acids is 1. The van der Waals surface area contributed by atoms with E-state index in [4.69, 9.17) is 4.74 Å². The summed E-state index contributed by atoms with van der Waals surface area (Å²) in [6.07, 6.45) is 1.52. The van der Waals surface area contributed by atoms with E-state index in [1.807, 2.05) is 11.8 Å². The average Bonchev–Trinajstić information content (AvgIpc) is 2.55. The zero-order chi connectivity index (χ0) is 15.9. The molecule has 2 atom stereocenters. The summed E-state index contributed by atoms with van der Waals surface area (Å²) < 4.78 is 18.2. The summed E-state index contributed by atoms with van der Waals surface area (Å²) in [7, 11) is 0. The number of rotatable bonds is 6. The molecule has 0 aliphatic carbocycles. The molecule has 0 saturated carbocycles. The molecule has 1 N–H and O–H groups in total. The van der Waals surface area contributed by atoms with Crippen molar-refractivity contribution in [2.75, 3.05) is 26.3 Å². The summed E-state index contributed by atoms with van der Waals surface area (Å²) in [5.41, 5.74) is 1.06. The maximum absolute atomic E-state index is 12.9. The first-order chi connectivity index (χ1) is 10.6. The van der Waals surface area contributed by atoms with Gasteiger partial charge in [0.2, 0.25) is 5.91 Å². The first-order valence-corrected chi connectivity index (χ1v) is 7.97. The van der Waals surface area contributed by atoms with Gasteiger partial charge in [-0.1, -0.05) is 19.1 Å². The van der Waals surface area contributed by atoms with E-state index >= 15 is 0 Å². The molecule has 4 nitrogen and oxygen atoms in total. The largest absolute Gasteiger partial charge is 0.378 e. The lowest BCUT2D eigenvalue weighted by molar-refractivity contribution is -0.137. The van der Waals surface area contributed by atoms with Gasteiger partial charge in [-0.15, -0.1) is 0 Å². The fourth-order valence-corrected chi connectivity index (χ4v) is 2.74. The van der Waals surface area contributed by atoms with E-state index in [2.05, 4.69) is 12.2 Å². The highest BCUT2D eigenvalue weighted by molar-refractivity contribution is 5.82. The third-order valence-corrected chi connectivity index (χ3v) is 3.97. The van der Waals surface area contributed by atoms with Crippen molar-refractivity contribution in [1.29, 1.82) is 0 Å². The minimum atomic E-state index is -0.224. The Bertz CT molecular complexity index is 472. The smallest absolute Gasteiger partial charge is 0.239 e. The lowest BCUT2D eigenvalue weighted by Gasteiger charge is -2.31. The molecule has 0 radical (unpaired) electrons. The van der Waals surface area contributed by atoms with Crippen LogP contribution < -0.4 is 5.32 Å². The highest BCUT2D eigenvalue weighted by Gasteiger charge is 2.25. The molecule has 0 bridgehead atoms. The summed E-state index contributed by atoms with van der Waals surface area (Å²) in [4.78, 5) is 14.4. The maximum atomic E-state index is 12.9. The molecule has 22 heavy (non-hydrogen) atoms. The van der Waals surface area contributed by atoms with Gasteiger partial charge in [0.15, 0.2) is 0 Å². The van der Waals surface area contributed by atoms with Crippen molar-refractivity contribution < 1.29 is 13.9 Å². The van der Waals surface area contributed by atoms with Crippen molar-refractivity contribution in [3.05, 3.63) is 35.6 Å². The van der Waals surface area contributed by atoms with E-state index in [-0.39, 0.29) is 23.8 Å². The topological polar surface area (TPSA) is 41.6 Å². The van der Waals surface area contributed by atoms with E-state index in [9.17, 15) is 9.18 Å². The van der Waals surface area contributed by atoms with Crippen LogP contribution >= 0.6 is 0 Å². The number of hydrogen-bond acceptors (Lipinski definition) is 3. The normalized spacial score (nSPS) is 18.0. The van der Waals surface area contributed by atoms with E-state index < -0.39 is 0 Å². The monoisotopic (exact) mass is 308 g/mol. The summed E-state index contributed by atoms with van der Waals surface area (Å²) >= 11 is 0. The quantitative estimate of drug-likeness (QED) is 0.874. The minimum absolute atomic E-state index is 0.150. The molecule has 0 unspecified atom stereocenters. The van der Waals surface area contributed by atoms with Crippen molar-refractivity contribution in [2.24, 2.45) is 0 Å². The predicted octanol–water partition coefficient (Wildman–Crippen LogP) is 1.98. The van der Waals surface area contributed by atoms with Crippen LogP contribution in [-0.4, -0.2) is 49.2 Å². The Hall–Kier alpha value is -1.46. The lowest BCUT2D eigenvalue weighted by atomic mass is 10.1. The van der Waals surface area contributed by atoms with Gasteiger partial charge in [0.1, 0.15) is 5.82 Å². The zero-order valence-corrected chi connectivity index (χ0v) is 13.3. The Labute approximate surface area is 131 Å². The molecular formula is C17H25FN2O2. The van der Waals surface area contributed by atoms with Crippen LogP contribution in [0.15, 0.2) is 24.3 Å². The first-order valence-electron chi connectivity index (χ1n) is 7.97. The Kier molecular flexibility index (Phi) is 6.34. The molecule has 1 aromatic rings. The maximum Gasteiger partial charge on any atom is 0.239 e. The zero-order valence-electron chi connectivity index (χ0n) is 13.3. The van der Waals surface area contributed by atoms with Crippen molar-refractivity contribution in [3.8, 4) is 0 Å². The van der Waals surface area contributed by atoms with Gasteiger partial charge in [-0.25, -0.2) is 4.39 Å². The Morgan fingerprint density at radius 3 is 2.55 bits per heavy atom. The highest BCUT2D eigenvalue weighted by Crippen LogP contribution is 2.09. The molecule has 1 aromatic carbocycles. The van der Waals surface area contributed by atoms with Gasteiger partial charge < -0.3 is 15.0 Å². The van der Waals surface area contributed by atoms with Crippen LogP contribution in [-0.2, 0) is 16.0 Å². The summed E-state index contributed by atoms with van der Waals surface area (Å²) in [5, 5.41) is 3.40. The van der Waals surface area contributed by atoms with Crippen LogP contribution in [0.1, 0.15) is 25.8 Å². The molecule has 1 amide bonds. The molecule has 1 fully saturated rings. The van der Waals surface area contributed by atoms with Gasteiger partial charge in [-0.3, -0.25) is 4.79 Å².